The minimum Gasteiger partial charge on any atom is -0.342 e. The summed E-state index contributed by atoms with van der Waals surface area (Å²) in [5.41, 5.74) is 32.6. The summed E-state index contributed by atoms with van der Waals surface area (Å²) < 4.78 is 13.0. The standard InChI is InChI=1S/3C28H24N6/c3*1-17-7-5-13-33(3)26(17)27-21(8-6-14-34(27)4)28-31-23-12-10-20(16-25(23)32-28)19-9-11-22-24(15-19)30-18(2)29-22/h3*5-16H,1-4H3/p+6. The van der Waals surface area contributed by atoms with E-state index < -0.39 is 0 Å². The average molecular weight is 1340 g/mol. The van der Waals surface area contributed by atoms with Crippen molar-refractivity contribution in [2.75, 3.05) is 0 Å². The van der Waals surface area contributed by atoms with Crippen molar-refractivity contribution in [3.8, 4) is 102 Å². The van der Waals surface area contributed by atoms with Crippen molar-refractivity contribution in [3.05, 3.63) is 253 Å². The lowest BCUT2D eigenvalue weighted by molar-refractivity contribution is -0.690. The van der Waals surface area contributed by atoms with Crippen LogP contribution in [0.5, 0.6) is 0 Å². The molecule has 0 atom stereocenters. The smallest absolute Gasteiger partial charge is 0.288 e. The van der Waals surface area contributed by atoms with Crippen LogP contribution >= 0.6 is 0 Å². The fourth-order valence-corrected chi connectivity index (χ4v) is 14.5. The van der Waals surface area contributed by atoms with E-state index in [0.717, 1.165) is 168 Å². The quantitative estimate of drug-likeness (QED) is 0.0778. The zero-order chi connectivity index (χ0) is 70.2. The number of hydrogen-bond acceptors (Lipinski definition) is 6. The summed E-state index contributed by atoms with van der Waals surface area (Å²) >= 11 is 0. The molecule has 18 rings (SSSR count). The molecule has 12 aromatic heterocycles. The fourth-order valence-electron chi connectivity index (χ4n) is 14.5. The molecule has 102 heavy (non-hydrogen) atoms. The van der Waals surface area contributed by atoms with Gasteiger partial charge in [-0.1, -0.05) is 36.4 Å². The number of rotatable bonds is 9. The van der Waals surface area contributed by atoms with Gasteiger partial charge in [0.15, 0.2) is 37.2 Å². The topological polar surface area (TPSA) is 195 Å². The number of imidazole rings is 6. The van der Waals surface area contributed by atoms with Gasteiger partial charge >= 0.3 is 0 Å². The number of nitrogens with zero attached hydrogens (tertiary/aromatic N) is 12. The molecule has 0 aliphatic rings. The minimum atomic E-state index is 0.862. The van der Waals surface area contributed by atoms with E-state index in [1.54, 1.807) is 0 Å². The second-order valence-corrected chi connectivity index (χ2v) is 26.7. The average Bonchev–Trinajstić information content (AvgIpc) is 1.48. The Kier molecular flexibility index (Phi) is 16.1. The number of hydrogen-bond donors (Lipinski definition) is 6. The highest BCUT2D eigenvalue weighted by Gasteiger charge is 2.32. The normalized spacial score (nSPS) is 11.5. The Labute approximate surface area is 589 Å². The van der Waals surface area contributed by atoms with E-state index in [0.29, 0.717) is 0 Å². The molecule has 18 nitrogen and oxygen atoms in total. The lowest BCUT2D eigenvalue weighted by Crippen LogP contribution is -2.39. The van der Waals surface area contributed by atoms with Crippen molar-refractivity contribution in [2.24, 2.45) is 42.3 Å². The molecule has 498 valence electrons. The molecular weight excluding hydrogens is 1260 g/mol. The molecule has 0 radical (unpaired) electrons. The highest BCUT2D eigenvalue weighted by molar-refractivity contribution is 5.92. The molecule has 0 spiro atoms. The molecule has 18 aromatic rings. The molecule has 6 N–H and O–H groups in total. The second kappa shape index (κ2) is 25.7. The van der Waals surface area contributed by atoms with Gasteiger partial charge in [0.1, 0.15) is 77.2 Å². The molecule has 0 fully saturated rings. The van der Waals surface area contributed by atoms with Gasteiger partial charge < -0.3 is 29.9 Å². The Morgan fingerprint density at radius 2 is 0.431 bits per heavy atom. The van der Waals surface area contributed by atoms with Crippen LogP contribution in [-0.2, 0) is 42.3 Å². The summed E-state index contributed by atoms with van der Waals surface area (Å²) in [6.07, 6.45) is 12.5. The lowest BCUT2D eigenvalue weighted by atomic mass is 10.0. The first kappa shape index (κ1) is 63.8. The number of pyridine rings is 6. The molecule has 0 unspecified atom stereocenters. The molecular formula is C84H78N18+6. The monoisotopic (exact) mass is 1340 g/mol. The molecule has 0 aliphatic carbocycles. The summed E-state index contributed by atoms with van der Waals surface area (Å²) in [5, 5.41) is 0. The summed E-state index contributed by atoms with van der Waals surface area (Å²) in [5.74, 6) is 5.36. The maximum absolute atomic E-state index is 4.96. The van der Waals surface area contributed by atoms with Gasteiger partial charge in [-0.2, -0.15) is 27.4 Å². The van der Waals surface area contributed by atoms with Gasteiger partial charge in [-0.15, -0.1) is 0 Å². The van der Waals surface area contributed by atoms with Gasteiger partial charge in [-0.3, -0.25) is 0 Å². The van der Waals surface area contributed by atoms with E-state index in [1.165, 1.54) is 33.8 Å². The maximum Gasteiger partial charge on any atom is 0.288 e. The molecule has 0 saturated heterocycles. The van der Waals surface area contributed by atoms with Gasteiger partial charge in [0.25, 0.3) is 34.2 Å². The third-order valence-electron chi connectivity index (χ3n) is 19.4. The SMILES string of the molecule is Cc1nc2ccc(-c3ccc4nc(-c5ccc[n+](C)c5-c5c(C)ccc[n+]5C)[nH]c4c3)cc2[nH]1.Cc1nc2ccc(-c3ccc4nc(-c5ccc[n+](C)c5-c5c(C)ccc[n+]5C)[nH]c4c3)cc2[nH]1.Cc1nc2ccc(-c3ccc4nc(-c5ccc[n+](C)c5-c5c(C)ccc[n+]5C)[nH]c4c3)cc2[nH]1. The van der Waals surface area contributed by atoms with Crippen molar-refractivity contribution in [1.82, 2.24) is 59.8 Å². The largest absolute Gasteiger partial charge is 0.342 e. The van der Waals surface area contributed by atoms with Crippen molar-refractivity contribution in [1.29, 1.82) is 0 Å². The summed E-state index contributed by atoms with van der Waals surface area (Å²) in [6, 6.07) is 63.5. The Bertz CT molecular complexity index is 5660. The number of fused-ring (bicyclic) bond motifs is 6. The third kappa shape index (κ3) is 11.9. The Morgan fingerprint density at radius 1 is 0.225 bits per heavy atom. The fraction of sp³-hybridized carbons (Fsp3) is 0.143. The predicted octanol–water partition coefficient (Wildman–Crippen LogP) is 14.1. The van der Waals surface area contributed by atoms with E-state index in [2.05, 4.69) is 354 Å². The Balaban J connectivity index is 0.000000118. The van der Waals surface area contributed by atoms with Crippen molar-refractivity contribution < 1.29 is 27.4 Å². The number of aromatic amines is 6. The number of benzene rings is 6. The molecule has 0 aliphatic heterocycles. The number of aryl methyl sites for hydroxylation is 12. The first-order valence-corrected chi connectivity index (χ1v) is 34.2. The van der Waals surface area contributed by atoms with E-state index in [4.69, 9.17) is 15.0 Å². The van der Waals surface area contributed by atoms with E-state index in [1.807, 2.05) is 20.8 Å². The van der Waals surface area contributed by atoms with Crippen molar-refractivity contribution >= 4 is 66.2 Å². The van der Waals surface area contributed by atoms with Crippen LogP contribution in [0.1, 0.15) is 34.2 Å². The van der Waals surface area contributed by atoms with Crippen molar-refractivity contribution in [3.63, 3.8) is 0 Å². The molecule has 12 heterocycles. The van der Waals surface area contributed by atoms with Gasteiger partial charge in [-0.05, 0) is 184 Å². The molecule has 0 amide bonds. The summed E-state index contributed by atoms with van der Waals surface area (Å²) in [4.78, 5) is 49.2. The molecule has 6 aromatic carbocycles. The van der Waals surface area contributed by atoms with Crippen LogP contribution in [-0.4, -0.2) is 59.8 Å². The first-order chi connectivity index (χ1) is 49.4. The van der Waals surface area contributed by atoms with Crippen LogP contribution in [0.25, 0.3) is 168 Å². The Hall–Kier alpha value is -13.0. The number of nitrogens with one attached hydrogen (secondary N) is 6. The third-order valence-corrected chi connectivity index (χ3v) is 19.4. The van der Waals surface area contributed by atoms with Crippen LogP contribution in [0.2, 0.25) is 0 Å². The highest BCUT2D eigenvalue weighted by Crippen LogP contribution is 2.36. The van der Waals surface area contributed by atoms with E-state index >= 15 is 0 Å². The van der Waals surface area contributed by atoms with Crippen LogP contribution < -0.4 is 27.4 Å². The highest BCUT2D eigenvalue weighted by atomic mass is 15.0. The maximum atomic E-state index is 4.96. The summed E-state index contributed by atoms with van der Waals surface area (Å²) in [6.45, 7) is 12.4. The summed E-state index contributed by atoms with van der Waals surface area (Å²) in [7, 11) is 12.5. The van der Waals surface area contributed by atoms with Gasteiger partial charge in [0, 0.05) is 53.1 Å². The van der Waals surface area contributed by atoms with Crippen LogP contribution in [0.4, 0.5) is 0 Å². The number of aromatic nitrogens is 18. The van der Waals surface area contributed by atoms with Gasteiger partial charge in [0.05, 0.1) is 82.9 Å². The van der Waals surface area contributed by atoms with E-state index in [-0.39, 0.29) is 0 Å². The van der Waals surface area contributed by atoms with Crippen molar-refractivity contribution in [2.45, 2.75) is 41.5 Å². The number of H-pyrrole nitrogens is 6. The minimum absolute atomic E-state index is 0.862. The van der Waals surface area contributed by atoms with Crippen LogP contribution in [0.15, 0.2) is 219 Å². The van der Waals surface area contributed by atoms with Gasteiger partial charge in [0.2, 0.25) is 0 Å². The molecule has 0 saturated carbocycles. The van der Waals surface area contributed by atoms with E-state index in [9.17, 15) is 0 Å². The second-order valence-electron chi connectivity index (χ2n) is 26.7. The zero-order valence-electron chi connectivity index (χ0n) is 59.2. The first-order valence-electron chi connectivity index (χ1n) is 34.2. The zero-order valence-corrected chi connectivity index (χ0v) is 59.2. The molecule has 18 heteroatoms. The Morgan fingerprint density at radius 3 is 0.667 bits per heavy atom. The predicted molar refractivity (Wildman–Crippen MR) is 402 cm³/mol. The van der Waals surface area contributed by atoms with Crippen LogP contribution in [0, 0.1) is 41.5 Å². The lowest BCUT2D eigenvalue weighted by Gasteiger charge is -2.06. The van der Waals surface area contributed by atoms with Gasteiger partial charge in [-0.25, -0.2) is 29.9 Å². The van der Waals surface area contributed by atoms with Crippen LogP contribution in [0.3, 0.4) is 0 Å². The molecule has 0 bridgehead atoms.